The van der Waals surface area contributed by atoms with Crippen LogP contribution in [0.15, 0.2) is 29.2 Å². The van der Waals surface area contributed by atoms with Crippen LogP contribution < -0.4 is 16.6 Å². The molecule has 2 aliphatic carbocycles. The van der Waals surface area contributed by atoms with Crippen LogP contribution in [-0.4, -0.2) is 27.1 Å². The molecule has 2 fully saturated rings. The number of anilines is 1. The van der Waals surface area contributed by atoms with E-state index >= 15 is 0 Å². The monoisotopic (exact) mass is 397 g/mol. The van der Waals surface area contributed by atoms with E-state index in [9.17, 15) is 4.79 Å². The molecule has 2 heterocycles. The lowest BCUT2D eigenvalue weighted by molar-refractivity contribution is 0.324. The molecule has 0 aliphatic heterocycles. The van der Waals surface area contributed by atoms with Crippen LogP contribution in [-0.2, 0) is 0 Å². The van der Waals surface area contributed by atoms with Crippen molar-refractivity contribution in [3.8, 4) is 0 Å². The average Bonchev–Trinajstić information content (AvgIpc) is 3.52. The molecule has 0 radical (unpaired) electrons. The number of aromatic nitrogens is 3. The molecule has 0 saturated heterocycles. The van der Waals surface area contributed by atoms with Gasteiger partial charge in [0.05, 0.1) is 0 Å². The zero-order valence-electron chi connectivity index (χ0n) is 15.7. The van der Waals surface area contributed by atoms with Crippen LogP contribution in [0, 0.1) is 5.92 Å². The number of nitrogens with two attached hydrogens (primary N) is 1. The molecule has 5 rings (SSSR count). The van der Waals surface area contributed by atoms with Crippen molar-refractivity contribution in [1.29, 1.82) is 0 Å². The molecule has 28 heavy (non-hydrogen) atoms. The molecule has 0 spiro atoms. The van der Waals surface area contributed by atoms with Crippen molar-refractivity contribution in [3.05, 3.63) is 39.8 Å². The standard InChI is InChI=1S/C21H24ClN5O/c22-13-3-8-16-17(9-13)20(28)27(15-6-4-14(23)5-7-15)19-18(16)11-25-21(26-19)24-10-12-1-2-12/h3,8-9,11-12,14-15H,1-2,4-7,10,23H2,(H,24,25,26). The predicted molar refractivity (Wildman–Crippen MR) is 113 cm³/mol. The van der Waals surface area contributed by atoms with Crippen molar-refractivity contribution in [2.24, 2.45) is 11.7 Å². The molecule has 2 saturated carbocycles. The highest BCUT2D eigenvalue weighted by molar-refractivity contribution is 6.31. The van der Waals surface area contributed by atoms with Crippen LogP contribution in [0.25, 0.3) is 21.8 Å². The summed E-state index contributed by atoms with van der Waals surface area (Å²) in [5.74, 6) is 1.31. The number of fused-ring (bicyclic) bond motifs is 3. The predicted octanol–water partition coefficient (Wildman–Crippen LogP) is 3.86. The maximum absolute atomic E-state index is 13.5. The van der Waals surface area contributed by atoms with Gasteiger partial charge in [0, 0.05) is 40.6 Å². The fourth-order valence-corrected chi connectivity index (χ4v) is 4.41. The molecule has 0 unspecified atom stereocenters. The normalized spacial score (nSPS) is 22.6. The summed E-state index contributed by atoms with van der Waals surface area (Å²) in [5.41, 5.74) is 6.77. The van der Waals surface area contributed by atoms with E-state index in [4.69, 9.17) is 22.3 Å². The summed E-state index contributed by atoms with van der Waals surface area (Å²) < 4.78 is 1.86. The van der Waals surface area contributed by atoms with Crippen LogP contribution >= 0.6 is 11.6 Å². The fourth-order valence-electron chi connectivity index (χ4n) is 4.24. The van der Waals surface area contributed by atoms with E-state index in [0.717, 1.165) is 48.9 Å². The first kappa shape index (κ1) is 17.9. The van der Waals surface area contributed by atoms with E-state index in [2.05, 4.69) is 10.3 Å². The quantitative estimate of drug-likeness (QED) is 0.653. The number of halogens is 1. The number of pyridine rings is 1. The van der Waals surface area contributed by atoms with Crippen LogP contribution in [0.4, 0.5) is 5.95 Å². The molecular weight excluding hydrogens is 374 g/mol. The second kappa shape index (κ2) is 7.01. The third kappa shape index (κ3) is 3.25. The largest absolute Gasteiger partial charge is 0.354 e. The van der Waals surface area contributed by atoms with E-state index in [1.54, 1.807) is 6.07 Å². The van der Waals surface area contributed by atoms with Crippen molar-refractivity contribution in [1.82, 2.24) is 14.5 Å². The maximum atomic E-state index is 13.5. The Hall–Kier alpha value is -2.18. The fraction of sp³-hybridized carbons (Fsp3) is 0.476. The number of hydrogen-bond donors (Lipinski definition) is 2. The molecule has 2 aromatic heterocycles. The van der Waals surface area contributed by atoms with Crippen molar-refractivity contribution in [3.63, 3.8) is 0 Å². The van der Waals surface area contributed by atoms with Gasteiger partial charge in [0.1, 0.15) is 5.65 Å². The molecule has 7 heteroatoms. The highest BCUT2D eigenvalue weighted by atomic mass is 35.5. The van der Waals surface area contributed by atoms with Crippen LogP contribution in [0.2, 0.25) is 5.02 Å². The number of rotatable bonds is 4. The van der Waals surface area contributed by atoms with Gasteiger partial charge in [0.25, 0.3) is 5.56 Å². The highest BCUT2D eigenvalue weighted by Crippen LogP contribution is 2.32. The maximum Gasteiger partial charge on any atom is 0.260 e. The molecule has 3 aromatic rings. The van der Waals surface area contributed by atoms with Crippen molar-refractivity contribution < 1.29 is 0 Å². The van der Waals surface area contributed by atoms with Gasteiger partial charge in [-0.25, -0.2) is 4.98 Å². The average molecular weight is 398 g/mol. The first-order valence-corrected chi connectivity index (χ1v) is 10.5. The summed E-state index contributed by atoms with van der Waals surface area (Å²) in [7, 11) is 0. The molecule has 3 N–H and O–H groups in total. The van der Waals surface area contributed by atoms with Crippen LogP contribution in [0.3, 0.4) is 0 Å². The summed E-state index contributed by atoms with van der Waals surface area (Å²) >= 11 is 6.20. The molecule has 6 nitrogen and oxygen atoms in total. The Morgan fingerprint density at radius 1 is 1.11 bits per heavy atom. The Morgan fingerprint density at radius 2 is 1.89 bits per heavy atom. The second-order valence-corrected chi connectivity index (χ2v) is 8.63. The summed E-state index contributed by atoms with van der Waals surface area (Å²) in [6.45, 7) is 0.886. The molecule has 146 valence electrons. The van der Waals surface area contributed by atoms with Crippen molar-refractivity contribution in [2.75, 3.05) is 11.9 Å². The van der Waals surface area contributed by atoms with E-state index in [1.807, 2.05) is 22.9 Å². The smallest absolute Gasteiger partial charge is 0.260 e. The second-order valence-electron chi connectivity index (χ2n) is 8.19. The molecule has 1 aromatic carbocycles. The van der Waals surface area contributed by atoms with E-state index in [0.29, 0.717) is 22.0 Å². The van der Waals surface area contributed by atoms with Crippen molar-refractivity contribution in [2.45, 2.75) is 50.6 Å². The lowest BCUT2D eigenvalue weighted by Gasteiger charge is -2.28. The van der Waals surface area contributed by atoms with Gasteiger partial charge in [0.15, 0.2) is 0 Å². The van der Waals surface area contributed by atoms with Gasteiger partial charge in [-0.05, 0) is 62.0 Å². The summed E-state index contributed by atoms with van der Waals surface area (Å²) in [6, 6.07) is 5.78. The number of benzene rings is 1. The van der Waals surface area contributed by atoms with E-state index in [1.165, 1.54) is 12.8 Å². The van der Waals surface area contributed by atoms with E-state index < -0.39 is 0 Å². The zero-order chi connectivity index (χ0) is 19.3. The molecule has 0 bridgehead atoms. The Labute approximate surface area is 168 Å². The van der Waals surface area contributed by atoms with E-state index in [-0.39, 0.29) is 17.6 Å². The third-order valence-corrected chi connectivity index (χ3v) is 6.31. The SMILES string of the molecule is NC1CCC(n2c(=O)c3cc(Cl)ccc3c3cnc(NCC4CC4)nc32)CC1. The Bertz CT molecular complexity index is 1100. The van der Waals surface area contributed by atoms with Gasteiger partial charge < -0.3 is 11.1 Å². The Morgan fingerprint density at radius 3 is 2.64 bits per heavy atom. The molecule has 2 aliphatic rings. The minimum absolute atomic E-state index is 0.0303. The van der Waals surface area contributed by atoms with Gasteiger partial charge in [-0.15, -0.1) is 0 Å². The van der Waals surface area contributed by atoms with Gasteiger partial charge >= 0.3 is 0 Å². The number of nitrogens with one attached hydrogen (secondary N) is 1. The summed E-state index contributed by atoms with van der Waals surface area (Å²) in [5, 5.41) is 6.25. The number of nitrogens with zero attached hydrogens (tertiary/aromatic N) is 3. The highest BCUT2D eigenvalue weighted by Gasteiger charge is 2.25. The topological polar surface area (TPSA) is 85.8 Å². The Balaban J connectivity index is 1.70. The van der Waals surface area contributed by atoms with Gasteiger partial charge in [0.2, 0.25) is 5.95 Å². The van der Waals surface area contributed by atoms with Crippen molar-refractivity contribution >= 4 is 39.4 Å². The summed E-state index contributed by atoms with van der Waals surface area (Å²) in [6.07, 6.45) is 7.97. The lowest BCUT2D eigenvalue weighted by atomic mass is 9.91. The zero-order valence-corrected chi connectivity index (χ0v) is 16.5. The first-order chi connectivity index (χ1) is 13.6. The first-order valence-electron chi connectivity index (χ1n) is 10.1. The summed E-state index contributed by atoms with van der Waals surface area (Å²) in [4.78, 5) is 22.8. The lowest BCUT2D eigenvalue weighted by Crippen LogP contribution is -2.33. The molecule has 0 atom stereocenters. The Kier molecular flexibility index (Phi) is 4.48. The van der Waals surface area contributed by atoms with Crippen LogP contribution in [0.5, 0.6) is 0 Å². The van der Waals surface area contributed by atoms with Gasteiger partial charge in [-0.3, -0.25) is 9.36 Å². The van der Waals surface area contributed by atoms with Gasteiger partial charge in [-0.1, -0.05) is 17.7 Å². The minimum Gasteiger partial charge on any atom is -0.354 e. The number of hydrogen-bond acceptors (Lipinski definition) is 5. The molecular formula is C21H24ClN5O. The minimum atomic E-state index is -0.0303. The van der Waals surface area contributed by atoms with Crippen LogP contribution in [0.1, 0.15) is 44.6 Å². The van der Waals surface area contributed by atoms with Gasteiger partial charge in [-0.2, -0.15) is 4.98 Å². The molecule has 0 amide bonds. The third-order valence-electron chi connectivity index (χ3n) is 6.07.